The molecule has 0 aromatic heterocycles. The number of nitrogens with zero attached hydrogens (tertiary/aromatic N) is 2. The van der Waals surface area contributed by atoms with Crippen LogP contribution in [-0.2, 0) is 16.1 Å². The van der Waals surface area contributed by atoms with Gasteiger partial charge in [-0.25, -0.2) is 0 Å². The molecule has 0 N–H and O–H groups in total. The molecule has 0 aliphatic carbocycles. The third kappa shape index (κ3) is 4.04. The van der Waals surface area contributed by atoms with Gasteiger partial charge in [0.25, 0.3) is 0 Å². The lowest BCUT2D eigenvalue weighted by atomic mass is 10.1. The molecular formula is C19H24N2O3. The van der Waals surface area contributed by atoms with Gasteiger partial charge in [0.1, 0.15) is 5.75 Å². The van der Waals surface area contributed by atoms with E-state index in [2.05, 4.69) is 23.1 Å². The van der Waals surface area contributed by atoms with E-state index in [1.165, 1.54) is 0 Å². The minimum Gasteiger partial charge on any atom is -0.497 e. The van der Waals surface area contributed by atoms with E-state index in [-0.39, 0.29) is 5.91 Å². The minimum absolute atomic E-state index is 0.145. The molecule has 0 bridgehead atoms. The largest absolute Gasteiger partial charge is 0.497 e. The standard InChI is InChI=1S/C19H24N2O3/c1-20(19(22)14-21-7-9-24-10-8-21)13-15-3-4-17-12-18(23-2)6-5-16(17)11-15/h3-6,11-12H,7-10,13-14H2,1-2H3. The van der Waals surface area contributed by atoms with Gasteiger partial charge in [-0.3, -0.25) is 9.69 Å². The Morgan fingerprint density at radius 1 is 1.17 bits per heavy atom. The molecule has 128 valence electrons. The van der Waals surface area contributed by atoms with Crippen LogP contribution in [0.25, 0.3) is 10.8 Å². The Balaban J connectivity index is 1.63. The molecule has 3 rings (SSSR count). The first kappa shape index (κ1) is 16.7. The van der Waals surface area contributed by atoms with E-state index in [0.29, 0.717) is 26.3 Å². The maximum Gasteiger partial charge on any atom is 0.236 e. The monoisotopic (exact) mass is 328 g/mol. The second-order valence-corrected chi connectivity index (χ2v) is 6.19. The van der Waals surface area contributed by atoms with Crippen molar-refractivity contribution in [2.24, 2.45) is 0 Å². The third-order valence-corrected chi connectivity index (χ3v) is 4.42. The van der Waals surface area contributed by atoms with Gasteiger partial charge < -0.3 is 14.4 Å². The summed E-state index contributed by atoms with van der Waals surface area (Å²) in [5.41, 5.74) is 1.13. The van der Waals surface area contributed by atoms with Crippen molar-refractivity contribution in [2.45, 2.75) is 6.54 Å². The molecule has 5 nitrogen and oxygen atoms in total. The predicted octanol–water partition coefficient (Wildman–Crippen LogP) is 2.14. The molecule has 5 heteroatoms. The summed E-state index contributed by atoms with van der Waals surface area (Å²) in [7, 11) is 3.53. The molecule has 24 heavy (non-hydrogen) atoms. The Bertz CT molecular complexity index is 711. The molecule has 1 aliphatic rings. The summed E-state index contributed by atoms with van der Waals surface area (Å²) in [5, 5.41) is 2.29. The van der Waals surface area contributed by atoms with Crippen molar-refractivity contribution in [3.8, 4) is 5.75 Å². The van der Waals surface area contributed by atoms with Gasteiger partial charge in [-0.2, -0.15) is 0 Å². The van der Waals surface area contributed by atoms with Crippen molar-refractivity contribution in [1.82, 2.24) is 9.80 Å². The highest BCUT2D eigenvalue weighted by atomic mass is 16.5. The lowest BCUT2D eigenvalue weighted by molar-refractivity contribution is -0.132. The number of methoxy groups -OCH3 is 1. The van der Waals surface area contributed by atoms with Crippen molar-refractivity contribution < 1.29 is 14.3 Å². The first-order chi connectivity index (χ1) is 11.7. The zero-order chi connectivity index (χ0) is 16.9. The summed E-state index contributed by atoms with van der Waals surface area (Å²) in [6, 6.07) is 12.3. The highest BCUT2D eigenvalue weighted by Crippen LogP contribution is 2.22. The molecule has 1 saturated heterocycles. The van der Waals surface area contributed by atoms with Crippen LogP contribution in [0.3, 0.4) is 0 Å². The van der Waals surface area contributed by atoms with Gasteiger partial charge in [-0.05, 0) is 34.5 Å². The Morgan fingerprint density at radius 3 is 2.62 bits per heavy atom. The van der Waals surface area contributed by atoms with Crippen LogP contribution in [-0.4, -0.2) is 62.7 Å². The molecule has 0 saturated carbocycles. The maximum absolute atomic E-state index is 12.4. The van der Waals surface area contributed by atoms with Crippen molar-refractivity contribution >= 4 is 16.7 Å². The van der Waals surface area contributed by atoms with Gasteiger partial charge in [-0.15, -0.1) is 0 Å². The molecule has 2 aromatic carbocycles. The number of rotatable bonds is 5. The van der Waals surface area contributed by atoms with Crippen LogP contribution in [0.2, 0.25) is 0 Å². The van der Waals surface area contributed by atoms with Crippen molar-refractivity contribution in [1.29, 1.82) is 0 Å². The second kappa shape index (κ2) is 7.64. The van der Waals surface area contributed by atoms with Gasteiger partial charge in [-0.1, -0.05) is 18.2 Å². The molecule has 1 fully saturated rings. The summed E-state index contributed by atoms with van der Waals surface area (Å²) in [5.74, 6) is 1.000. The highest BCUT2D eigenvalue weighted by Gasteiger charge is 2.17. The van der Waals surface area contributed by atoms with Gasteiger partial charge in [0.2, 0.25) is 5.91 Å². The normalized spacial score (nSPS) is 15.4. The number of fused-ring (bicyclic) bond motifs is 1. The lowest BCUT2D eigenvalue weighted by Gasteiger charge is -2.28. The average Bonchev–Trinajstić information content (AvgIpc) is 2.62. The van der Waals surface area contributed by atoms with E-state index < -0.39 is 0 Å². The number of morpholine rings is 1. The van der Waals surface area contributed by atoms with E-state index in [9.17, 15) is 4.79 Å². The number of likely N-dealkylation sites (N-methyl/N-ethyl adjacent to an activating group) is 1. The van der Waals surface area contributed by atoms with Crippen LogP contribution < -0.4 is 4.74 Å². The quantitative estimate of drug-likeness (QED) is 0.843. The van der Waals surface area contributed by atoms with Gasteiger partial charge in [0.05, 0.1) is 26.9 Å². The molecule has 0 unspecified atom stereocenters. The number of ether oxygens (including phenoxy) is 2. The molecule has 2 aromatic rings. The Hall–Kier alpha value is -2.11. The van der Waals surface area contributed by atoms with Crippen molar-refractivity contribution in [2.75, 3.05) is 47.0 Å². The number of hydrogen-bond acceptors (Lipinski definition) is 4. The smallest absolute Gasteiger partial charge is 0.236 e. The number of carbonyl (C=O) groups excluding carboxylic acids is 1. The van der Waals surface area contributed by atoms with Crippen LogP contribution >= 0.6 is 0 Å². The fourth-order valence-electron chi connectivity index (χ4n) is 2.93. The predicted molar refractivity (Wildman–Crippen MR) is 94.2 cm³/mol. The minimum atomic E-state index is 0.145. The molecule has 1 heterocycles. The zero-order valence-electron chi connectivity index (χ0n) is 14.3. The fraction of sp³-hybridized carbons (Fsp3) is 0.421. The van der Waals surface area contributed by atoms with Crippen LogP contribution in [0.4, 0.5) is 0 Å². The maximum atomic E-state index is 12.4. The zero-order valence-corrected chi connectivity index (χ0v) is 14.3. The summed E-state index contributed by atoms with van der Waals surface area (Å²) in [4.78, 5) is 16.3. The molecule has 0 atom stereocenters. The average molecular weight is 328 g/mol. The Kier molecular flexibility index (Phi) is 5.33. The second-order valence-electron chi connectivity index (χ2n) is 6.19. The van der Waals surface area contributed by atoms with E-state index in [0.717, 1.165) is 35.2 Å². The molecule has 1 amide bonds. The van der Waals surface area contributed by atoms with E-state index in [1.807, 2.05) is 25.2 Å². The number of benzene rings is 2. The molecule has 0 spiro atoms. The molecule has 1 aliphatic heterocycles. The van der Waals surface area contributed by atoms with E-state index >= 15 is 0 Å². The topological polar surface area (TPSA) is 42.0 Å². The van der Waals surface area contributed by atoms with Gasteiger partial charge in [0, 0.05) is 26.7 Å². The number of amides is 1. The van der Waals surface area contributed by atoms with Crippen LogP contribution in [0.5, 0.6) is 5.75 Å². The van der Waals surface area contributed by atoms with Crippen molar-refractivity contribution in [3.63, 3.8) is 0 Å². The van der Waals surface area contributed by atoms with E-state index in [1.54, 1.807) is 12.0 Å². The summed E-state index contributed by atoms with van der Waals surface area (Å²) >= 11 is 0. The fourth-order valence-corrected chi connectivity index (χ4v) is 2.93. The van der Waals surface area contributed by atoms with Gasteiger partial charge >= 0.3 is 0 Å². The number of hydrogen-bond donors (Lipinski definition) is 0. The molecular weight excluding hydrogens is 304 g/mol. The summed E-state index contributed by atoms with van der Waals surface area (Å²) in [6.45, 7) is 4.17. The Labute approximate surface area is 142 Å². The molecule has 0 radical (unpaired) electrons. The lowest BCUT2D eigenvalue weighted by Crippen LogP contribution is -2.43. The van der Waals surface area contributed by atoms with Crippen molar-refractivity contribution in [3.05, 3.63) is 42.0 Å². The Morgan fingerprint density at radius 2 is 1.88 bits per heavy atom. The third-order valence-electron chi connectivity index (χ3n) is 4.42. The first-order valence-corrected chi connectivity index (χ1v) is 8.26. The summed E-state index contributed by atoms with van der Waals surface area (Å²) < 4.78 is 10.6. The van der Waals surface area contributed by atoms with Crippen LogP contribution in [0.1, 0.15) is 5.56 Å². The van der Waals surface area contributed by atoms with Crippen LogP contribution in [0, 0.1) is 0 Å². The highest BCUT2D eigenvalue weighted by molar-refractivity contribution is 5.84. The van der Waals surface area contributed by atoms with Gasteiger partial charge in [0.15, 0.2) is 0 Å². The number of carbonyl (C=O) groups is 1. The summed E-state index contributed by atoms with van der Waals surface area (Å²) in [6.07, 6.45) is 0. The van der Waals surface area contributed by atoms with Crippen LogP contribution in [0.15, 0.2) is 36.4 Å². The SMILES string of the molecule is COc1ccc2cc(CN(C)C(=O)CN3CCOCC3)ccc2c1. The van der Waals surface area contributed by atoms with E-state index in [4.69, 9.17) is 9.47 Å². The first-order valence-electron chi connectivity index (χ1n) is 8.26.